The van der Waals surface area contributed by atoms with Gasteiger partial charge in [-0.2, -0.15) is 5.10 Å². The number of aromatic nitrogens is 4. The van der Waals surface area contributed by atoms with Gasteiger partial charge in [0.25, 0.3) is 5.56 Å². The van der Waals surface area contributed by atoms with Crippen molar-refractivity contribution < 1.29 is 31.1 Å². The summed E-state index contributed by atoms with van der Waals surface area (Å²) < 4.78 is 66.3. The molecule has 170 valence electrons. The first-order valence-corrected chi connectivity index (χ1v) is 11.1. The lowest BCUT2D eigenvalue weighted by atomic mass is 10.3. The molecule has 1 fully saturated rings. The molecule has 0 spiro atoms. The van der Waals surface area contributed by atoms with Crippen LogP contribution in [-0.2, 0) is 21.2 Å². The van der Waals surface area contributed by atoms with Crippen LogP contribution in [0.15, 0.2) is 41.6 Å². The Morgan fingerprint density at radius 3 is 2.59 bits per heavy atom. The van der Waals surface area contributed by atoms with E-state index in [0.717, 1.165) is 23.0 Å². The monoisotopic (exact) mass is 471 g/mol. The zero-order chi connectivity index (χ0) is 23.1. The van der Waals surface area contributed by atoms with Gasteiger partial charge in [0.05, 0.1) is 23.7 Å². The highest BCUT2D eigenvalue weighted by molar-refractivity contribution is 7.91. The number of nitrogens with zero attached hydrogens (tertiary/aromatic N) is 4. The molecule has 0 aliphatic carbocycles. The van der Waals surface area contributed by atoms with Crippen LogP contribution in [0.4, 0.5) is 18.9 Å². The van der Waals surface area contributed by atoms with E-state index < -0.39 is 46.0 Å². The molecule has 0 radical (unpaired) electrons. The van der Waals surface area contributed by atoms with Gasteiger partial charge in [-0.3, -0.25) is 14.2 Å². The molecule has 3 aromatic rings. The number of carbonyl (C=O) groups is 1. The van der Waals surface area contributed by atoms with Crippen molar-refractivity contribution in [2.24, 2.45) is 0 Å². The zero-order valence-electron chi connectivity index (χ0n) is 16.2. The molecular formula is C18H16F3N5O5S. The lowest BCUT2D eigenvalue weighted by Gasteiger charge is -2.11. The first kappa shape index (κ1) is 21.8. The van der Waals surface area contributed by atoms with Gasteiger partial charge < -0.3 is 10.1 Å². The zero-order valence-corrected chi connectivity index (χ0v) is 17.1. The standard InChI is InChI=1S/C18H16F3N5O5S/c19-18(20,21)31-13-3-1-11(2-4-13)24-15(27)8-25-10-22-16-14(17(25)28)7-23-26(16)12-5-6-32(29,30)9-12/h1-4,7,10,12H,5-6,8-9H2,(H,24,27). The number of nitrogens with one attached hydrogen (secondary N) is 1. The van der Waals surface area contributed by atoms with Crippen molar-refractivity contribution in [1.82, 2.24) is 19.3 Å². The number of fused-ring (bicyclic) bond motifs is 1. The Bertz CT molecular complexity index is 1330. The highest BCUT2D eigenvalue weighted by Crippen LogP contribution is 2.25. The van der Waals surface area contributed by atoms with Crippen molar-refractivity contribution in [3.05, 3.63) is 47.1 Å². The molecule has 3 heterocycles. The molecule has 1 N–H and O–H groups in total. The van der Waals surface area contributed by atoms with Gasteiger partial charge in [0.1, 0.15) is 24.0 Å². The third-order valence-corrected chi connectivity index (χ3v) is 6.57. The van der Waals surface area contributed by atoms with E-state index >= 15 is 0 Å². The van der Waals surface area contributed by atoms with Crippen LogP contribution in [0.1, 0.15) is 12.5 Å². The smallest absolute Gasteiger partial charge is 0.406 e. The molecule has 1 aliphatic rings. The number of sulfone groups is 1. The van der Waals surface area contributed by atoms with E-state index in [1.54, 1.807) is 0 Å². The van der Waals surface area contributed by atoms with Gasteiger partial charge >= 0.3 is 6.36 Å². The van der Waals surface area contributed by atoms with Gasteiger partial charge in [-0.25, -0.2) is 18.1 Å². The van der Waals surface area contributed by atoms with Gasteiger partial charge in [-0.05, 0) is 30.7 Å². The van der Waals surface area contributed by atoms with E-state index in [0.29, 0.717) is 6.42 Å². The Balaban J connectivity index is 1.47. The van der Waals surface area contributed by atoms with E-state index in [1.165, 1.54) is 23.0 Å². The summed E-state index contributed by atoms with van der Waals surface area (Å²) in [6.45, 7) is -0.397. The quantitative estimate of drug-likeness (QED) is 0.598. The number of alkyl halides is 3. The molecule has 2 aromatic heterocycles. The normalized spacial score (nSPS) is 18.0. The molecule has 14 heteroatoms. The highest BCUT2D eigenvalue weighted by atomic mass is 32.2. The molecular weight excluding hydrogens is 455 g/mol. The first-order chi connectivity index (χ1) is 15.0. The Labute approximate surface area is 178 Å². The molecule has 1 amide bonds. The second-order valence-electron chi connectivity index (χ2n) is 7.18. The summed E-state index contributed by atoms with van der Waals surface area (Å²) in [6.07, 6.45) is -2.01. The molecule has 32 heavy (non-hydrogen) atoms. The Hall–Kier alpha value is -3.42. The molecule has 10 nitrogen and oxygen atoms in total. The molecule has 1 unspecified atom stereocenters. The average Bonchev–Trinajstić information content (AvgIpc) is 3.27. The largest absolute Gasteiger partial charge is 0.573 e. The van der Waals surface area contributed by atoms with Crippen molar-refractivity contribution in [3.8, 4) is 5.75 Å². The van der Waals surface area contributed by atoms with Crippen LogP contribution < -0.4 is 15.6 Å². The van der Waals surface area contributed by atoms with Crippen molar-refractivity contribution in [3.63, 3.8) is 0 Å². The number of hydrogen-bond donors (Lipinski definition) is 1. The second-order valence-corrected chi connectivity index (χ2v) is 9.41. The summed E-state index contributed by atoms with van der Waals surface area (Å²) in [7, 11) is -3.15. The SMILES string of the molecule is O=C(Cn1cnc2c(cnn2C2CCS(=O)(=O)C2)c1=O)Nc1ccc(OC(F)(F)F)cc1. The van der Waals surface area contributed by atoms with E-state index in [1.807, 2.05) is 0 Å². The van der Waals surface area contributed by atoms with E-state index in [9.17, 15) is 31.2 Å². The van der Waals surface area contributed by atoms with Gasteiger partial charge in [0.2, 0.25) is 5.91 Å². The predicted octanol–water partition coefficient (Wildman–Crippen LogP) is 1.49. The van der Waals surface area contributed by atoms with Crippen molar-refractivity contribution >= 4 is 32.5 Å². The fraction of sp³-hybridized carbons (Fsp3) is 0.333. The molecule has 1 saturated heterocycles. The summed E-state index contributed by atoms with van der Waals surface area (Å²) >= 11 is 0. The van der Waals surface area contributed by atoms with Crippen LogP contribution in [0.2, 0.25) is 0 Å². The number of benzene rings is 1. The summed E-state index contributed by atoms with van der Waals surface area (Å²) in [4.78, 5) is 29.1. The minimum Gasteiger partial charge on any atom is -0.406 e. The fourth-order valence-electron chi connectivity index (χ4n) is 3.41. The van der Waals surface area contributed by atoms with Gasteiger partial charge in [-0.1, -0.05) is 0 Å². The van der Waals surface area contributed by atoms with E-state index in [-0.39, 0.29) is 28.2 Å². The molecule has 0 bridgehead atoms. The maximum absolute atomic E-state index is 12.7. The number of rotatable bonds is 5. The summed E-state index contributed by atoms with van der Waals surface area (Å²) in [5.74, 6) is -1.08. The van der Waals surface area contributed by atoms with Crippen LogP contribution in [0, 0.1) is 0 Å². The number of amides is 1. The average molecular weight is 471 g/mol. The number of carbonyl (C=O) groups excluding carboxylic acids is 1. The summed E-state index contributed by atoms with van der Waals surface area (Å²) in [5.41, 5.74) is -0.0953. The Kier molecular flexibility index (Phi) is 5.40. The number of anilines is 1. The van der Waals surface area contributed by atoms with Crippen LogP contribution in [0.5, 0.6) is 5.75 Å². The van der Waals surface area contributed by atoms with Crippen molar-refractivity contribution in [2.75, 3.05) is 16.8 Å². The summed E-state index contributed by atoms with van der Waals surface area (Å²) in [5, 5.41) is 6.71. The van der Waals surface area contributed by atoms with Gasteiger partial charge in [0.15, 0.2) is 15.5 Å². The van der Waals surface area contributed by atoms with Crippen molar-refractivity contribution in [1.29, 1.82) is 0 Å². The lowest BCUT2D eigenvalue weighted by Crippen LogP contribution is -2.28. The van der Waals surface area contributed by atoms with Crippen LogP contribution in [0.25, 0.3) is 11.0 Å². The molecule has 1 atom stereocenters. The van der Waals surface area contributed by atoms with Gasteiger partial charge in [0, 0.05) is 5.69 Å². The number of ether oxygens (including phenoxy) is 1. The highest BCUT2D eigenvalue weighted by Gasteiger charge is 2.32. The van der Waals surface area contributed by atoms with E-state index in [2.05, 4.69) is 20.1 Å². The third-order valence-electron chi connectivity index (χ3n) is 4.82. The maximum atomic E-state index is 12.7. The van der Waals surface area contributed by atoms with Crippen LogP contribution >= 0.6 is 0 Å². The van der Waals surface area contributed by atoms with E-state index in [4.69, 9.17) is 0 Å². The Morgan fingerprint density at radius 1 is 1.25 bits per heavy atom. The van der Waals surface area contributed by atoms with Crippen LogP contribution in [-0.4, -0.2) is 51.5 Å². The minimum atomic E-state index is -4.82. The number of halogens is 3. The molecule has 4 rings (SSSR count). The minimum absolute atomic E-state index is 0.0412. The lowest BCUT2D eigenvalue weighted by molar-refractivity contribution is -0.274. The van der Waals surface area contributed by atoms with Crippen molar-refractivity contribution in [2.45, 2.75) is 25.4 Å². The molecule has 1 aliphatic heterocycles. The third kappa shape index (κ3) is 4.74. The second kappa shape index (κ2) is 7.93. The van der Waals surface area contributed by atoms with Gasteiger partial charge in [-0.15, -0.1) is 13.2 Å². The summed E-state index contributed by atoms with van der Waals surface area (Å²) in [6, 6.07) is 4.13. The topological polar surface area (TPSA) is 125 Å². The van der Waals surface area contributed by atoms with Crippen LogP contribution in [0.3, 0.4) is 0 Å². The maximum Gasteiger partial charge on any atom is 0.573 e. The Morgan fingerprint density at radius 2 is 1.97 bits per heavy atom. The first-order valence-electron chi connectivity index (χ1n) is 9.29. The molecule has 0 saturated carbocycles. The predicted molar refractivity (Wildman–Crippen MR) is 106 cm³/mol. The fourth-order valence-corrected chi connectivity index (χ4v) is 5.10. The molecule has 1 aromatic carbocycles. The number of hydrogen-bond acceptors (Lipinski definition) is 7.